The van der Waals surface area contributed by atoms with Gasteiger partial charge in [-0.2, -0.15) is 10.5 Å². The zero-order valence-corrected chi connectivity index (χ0v) is 14.6. The molecule has 1 aromatic rings. The van der Waals surface area contributed by atoms with Crippen molar-refractivity contribution in [3.63, 3.8) is 0 Å². The van der Waals surface area contributed by atoms with Crippen molar-refractivity contribution >= 4 is 12.0 Å². The molecule has 1 aromatic carbocycles. The van der Waals surface area contributed by atoms with Crippen LogP contribution in [0.4, 0.5) is 0 Å². The van der Waals surface area contributed by atoms with Crippen molar-refractivity contribution in [3.05, 3.63) is 41.5 Å². The number of methoxy groups -OCH3 is 1. The molecule has 0 radical (unpaired) electrons. The van der Waals surface area contributed by atoms with Crippen LogP contribution in [0.5, 0.6) is 11.5 Å². The predicted octanol–water partition coefficient (Wildman–Crippen LogP) is 2.76. The summed E-state index contributed by atoms with van der Waals surface area (Å²) in [7, 11) is 1.48. The van der Waals surface area contributed by atoms with Gasteiger partial charge in [-0.25, -0.2) is 0 Å². The minimum atomic E-state index is -0.438. The second-order valence-corrected chi connectivity index (χ2v) is 5.45. The van der Waals surface area contributed by atoms with Gasteiger partial charge in [0.25, 0.3) is 5.91 Å². The average Bonchev–Trinajstić information content (AvgIpc) is 2.57. The normalized spacial score (nSPS) is 10.6. The van der Waals surface area contributed by atoms with Crippen LogP contribution in [0.2, 0.25) is 0 Å². The third-order valence-electron chi connectivity index (χ3n) is 3.12. The maximum atomic E-state index is 12.1. The standard InChI is InChI=1S/C19H21N3O3/c1-5-6-15-9-14(10-16(12-21)19(23)22-13(2)3)11-17(24-4)18(15)25-8-7-20/h5,9-11,13H,1,6,8H2,2-4H3,(H,22,23)/b16-10-. The van der Waals surface area contributed by atoms with Gasteiger partial charge in [-0.1, -0.05) is 6.08 Å². The molecule has 1 amide bonds. The Bertz CT molecular complexity index is 752. The van der Waals surface area contributed by atoms with Crippen LogP contribution in [-0.4, -0.2) is 25.7 Å². The molecule has 0 bridgehead atoms. The van der Waals surface area contributed by atoms with E-state index in [-0.39, 0.29) is 18.2 Å². The number of nitriles is 2. The van der Waals surface area contributed by atoms with E-state index in [0.717, 1.165) is 5.56 Å². The molecular weight excluding hydrogens is 318 g/mol. The first kappa shape index (κ1) is 19.8. The van der Waals surface area contributed by atoms with Crippen LogP contribution in [0.15, 0.2) is 30.4 Å². The van der Waals surface area contributed by atoms with Crippen molar-refractivity contribution in [1.82, 2.24) is 5.32 Å². The molecule has 0 heterocycles. The third kappa shape index (κ3) is 5.71. The van der Waals surface area contributed by atoms with Crippen LogP contribution in [0, 0.1) is 22.7 Å². The van der Waals surface area contributed by atoms with Crippen molar-refractivity contribution in [2.24, 2.45) is 0 Å². The highest BCUT2D eigenvalue weighted by Crippen LogP contribution is 2.34. The van der Waals surface area contributed by atoms with Gasteiger partial charge in [0.15, 0.2) is 18.1 Å². The Morgan fingerprint density at radius 3 is 2.64 bits per heavy atom. The lowest BCUT2D eigenvalue weighted by Crippen LogP contribution is -2.30. The van der Waals surface area contributed by atoms with Crippen LogP contribution in [0.3, 0.4) is 0 Å². The van der Waals surface area contributed by atoms with Crippen molar-refractivity contribution < 1.29 is 14.3 Å². The fourth-order valence-electron chi connectivity index (χ4n) is 2.15. The first-order valence-electron chi connectivity index (χ1n) is 7.71. The van der Waals surface area contributed by atoms with Crippen molar-refractivity contribution in [3.8, 4) is 23.6 Å². The largest absolute Gasteiger partial charge is 0.493 e. The van der Waals surface area contributed by atoms with Gasteiger partial charge in [0.05, 0.1) is 7.11 Å². The van der Waals surface area contributed by atoms with E-state index in [1.54, 1.807) is 18.2 Å². The summed E-state index contributed by atoms with van der Waals surface area (Å²) in [5, 5.41) is 20.7. The number of ether oxygens (including phenoxy) is 2. The lowest BCUT2D eigenvalue weighted by atomic mass is 10.0. The van der Waals surface area contributed by atoms with Crippen molar-refractivity contribution in [2.75, 3.05) is 13.7 Å². The van der Waals surface area contributed by atoms with E-state index < -0.39 is 5.91 Å². The molecule has 0 atom stereocenters. The second-order valence-electron chi connectivity index (χ2n) is 5.45. The first-order chi connectivity index (χ1) is 12.0. The minimum absolute atomic E-state index is 0.00833. The Balaban J connectivity index is 3.36. The molecule has 0 unspecified atom stereocenters. The number of amides is 1. The summed E-state index contributed by atoms with van der Waals surface area (Å²) < 4.78 is 10.8. The zero-order chi connectivity index (χ0) is 18.8. The smallest absolute Gasteiger partial charge is 0.262 e. The molecule has 0 fully saturated rings. The SMILES string of the molecule is C=CCc1cc(/C=C(/C#N)C(=O)NC(C)C)cc(OC)c1OCC#N. The number of allylic oxidation sites excluding steroid dienone is 1. The molecule has 1 rings (SSSR count). The monoisotopic (exact) mass is 339 g/mol. The molecule has 130 valence electrons. The second kappa shape index (κ2) is 9.79. The van der Waals surface area contributed by atoms with Gasteiger partial charge < -0.3 is 14.8 Å². The maximum absolute atomic E-state index is 12.1. The van der Waals surface area contributed by atoms with E-state index in [1.165, 1.54) is 13.2 Å². The Morgan fingerprint density at radius 2 is 2.12 bits per heavy atom. The molecule has 25 heavy (non-hydrogen) atoms. The molecule has 0 aliphatic heterocycles. The van der Waals surface area contributed by atoms with Gasteiger partial charge in [-0.15, -0.1) is 6.58 Å². The number of nitrogens with one attached hydrogen (secondary N) is 1. The minimum Gasteiger partial charge on any atom is -0.493 e. The molecule has 0 aliphatic rings. The first-order valence-corrected chi connectivity index (χ1v) is 7.71. The van der Waals surface area contributed by atoms with Gasteiger partial charge >= 0.3 is 0 Å². The number of rotatable bonds is 8. The number of hydrogen-bond acceptors (Lipinski definition) is 5. The van der Waals surface area contributed by atoms with Gasteiger partial charge in [-0.05, 0) is 44.0 Å². The van der Waals surface area contributed by atoms with Crippen LogP contribution < -0.4 is 14.8 Å². The van der Waals surface area contributed by atoms with E-state index >= 15 is 0 Å². The Morgan fingerprint density at radius 1 is 1.40 bits per heavy atom. The van der Waals surface area contributed by atoms with Gasteiger partial charge in [-0.3, -0.25) is 4.79 Å². The topological polar surface area (TPSA) is 95.1 Å². The molecule has 0 saturated heterocycles. The molecule has 6 nitrogen and oxygen atoms in total. The number of nitrogens with zero attached hydrogens (tertiary/aromatic N) is 2. The fourth-order valence-corrected chi connectivity index (χ4v) is 2.15. The molecule has 0 spiro atoms. The quantitative estimate of drug-likeness (QED) is 0.446. The van der Waals surface area contributed by atoms with Crippen molar-refractivity contribution in [1.29, 1.82) is 10.5 Å². The highest BCUT2D eigenvalue weighted by atomic mass is 16.5. The molecule has 0 aromatic heterocycles. The summed E-state index contributed by atoms with van der Waals surface area (Å²) >= 11 is 0. The van der Waals surface area contributed by atoms with Crippen molar-refractivity contribution in [2.45, 2.75) is 26.3 Å². The summed E-state index contributed by atoms with van der Waals surface area (Å²) in [5.41, 5.74) is 1.36. The molecular formula is C19H21N3O3. The van der Waals surface area contributed by atoms with E-state index in [9.17, 15) is 10.1 Å². The number of carbonyl (C=O) groups excluding carboxylic acids is 1. The highest BCUT2D eigenvalue weighted by molar-refractivity contribution is 6.01. The maximum Gasteiger partial charge on any atom is 0.262 e. The lowest BCUT2D eigenvalue weighted by Gasteiger charge is -2.14. The molecule has 0 aliphatic carbocycles. The Kier molecular flexibility index (Phi) is 7.75. The molecule has 6 heteroatoms. The Hall–Kier alpha value is -3.25. The summed E-state index contributed by atoms with van der Waals surface area (Å²) in [4.78, 5) is 12.1. The lowest BCUT2D eigenvalue weighted by molar-refractivity contribution is -0.117. The van der Waals surface area contributed by atoms with E-state index in [2.05, 4.69) is 11.9 Å². The summed E-state index contributed by atoms with van der Waals surface area (Å²) in [6.07, 6.45) is 3.66. The van der Waals surface area contributed by atoms with Crippen LogP contribution >= 0.6 is 0 Å². The average molecular weight is 339 g/mol. The van der Waals surface area contributed by atoms with Gasteiger partial charge in [0.2, 0.25) is 0 Å². The summed E-state index contributed by atoms with van der Waals surface area (Å²) in [6.45, 7) is 7.23. The Labute approximate surface area is 148 Å². The number of hydrogen-bond donors (Lipinski definition) is 1. The van der Waals surface area contributed by atoms with E-state index in [4.69, 9.17) is 14.7 Å². The van der Waals surface area contributed by atoms with Gasteiger partial charge in [0.1, 0.15) is 17.7 Å². The highest BCUT2D eigenvalue weighted by Gasteiger charge is 2.14. The van der Waals surface area contributed by atoms with Gasteiger partial charge in [0, 0.05) is 11.6 Å². The summed E-state index contributed by atoms with van der Waals surface area (Å²) in [5.74, 6) is 0.431. The molecule has 0 saturated carbocycles. The predicted molar refractivity (Wildman–Crippen MR) is 94.9 cm³/mol. The third-order valence-corrected chi connectivity index (χ3v) is 3.12. The zero-order valence-electron chi connectivity index (χ0n) is 14.6. The van der Waals surface area contributed by atoms with E-state index in [1.807, 2.05) is 26.0 Å². The summed E-state index contributed by atoms with van der Waals surface area (Å²) in [6, 6.07) is 7.18. The van der Waals surface area contributed by atoms with Crippen LogP contribution in [-0.2, 0) is 11.2 Å². The number of carbonyl (C=O) groups is 1. The fraction of sp³-hybridized carbons (Fsp3) is 0.316. The van der Waals surface area contributed by atoms with Crippen LogP contribution in [0.25, 0.3) is 6.08 Å². The van der Waals surface area contributed by atoms with E-state index in [0.29, 0.717) is 23.5 Å². The molecule has 1 N–H and O–H groups in total. The van der Waals surface area contributed by atoms with Crippen LogP contribution in [0.1, 0.15) is 25.0 Å². The number of benzene rings is 1.